The number of nitrogens with zero attached hydrogens (tertiary/aromatic N) is 4. The molecule has 1 fully saturated rings. The van der Waals surface area contributed by atoms with Gasteiger partial charge in [0.25, 0.3) is 11.8 Å². The normalized spacial score (nSPS) is 15.6. The number of hydrogen-bond acceptors (Lipinski definition) is 16. The highest BCUT2D eigenvalue weighted by Gasteiger charge is 2.42. The molecule has 3 aromatic rings. The molecular formula is C39H54N8O11S. The number of ether oxygens (including phenoxy) is 4. The third-order valence-corrected chi connectivity index (χ3v) is 8.70. The van der Waals surface area contributed by atoms with E-state index in [9.17, 15) is 24.0 Å². The smallest absolute Gasteiger partial charge is 0.413 e. The van der Waals surface area contributed by atoms with E-state index in [2.05, 4.69) is 55.4 Å². The Morgan fingerprint density at radius 3 is 2.20 bits per heavy atom. The zero-order valence-electron chi connectivity index (χ0n) is 35.1. The van der Waals surface area contributed by atoms with Crippen LogP contribution in [0.3, 0.4) is 0 Å². The fourth-order valence-corrected chi connectivity index (χ4v) is 5.53. The molecular weight excluding hydrogens is 789 g/mol. The molecule has 4 amide bonds. The molecule has 0 bridgehead atoms. The molecule has 19 nitrogen and oxygen atoms in total. The lowest BCUT2D eigenvalue weighted by Gasteiger charge is -2.37. The van der Waals surface area contributed by atoms with Crippen LogP contribution in [0.15, 0.2) is 33.4 Å². The van der Waals surface area contributed by atoms with Crippen molar-refractivity contribution in [3.8, 4) is 22.9 Å². The summed E-state index contributed by atoms with van der Waals surface area (Å²) in [5, 5.41) is 19.9. The molecule has 3 aromatic heterocycles. The van der Waals surface area contributed by atoms with E-state index in [0.29, 0.717) is 30.4 Å². The molecule has 4 rings (SSSR count). The Bertz CT molecular complexity index is 2000. The molecule has 59 heavy (non-hydrogen) atoms. The maximum absolute atomic E-state index is 13.8. The van der Waals surface area contributed by atoms with E-state index in [-0.39, 0.29) is 28.8 Å². The number of anilines is 1. The summed E-state index contributed by atoms with van der Waals surface area (Å²) in [4.78, 5) is 79.1. The first-order chi connectivity index (χ1) is 27.7. The second-order valence-electron chi connectivity index (χ2n) is 16.0. The van der Waals surface area contributed by atoms with Gasteiger partial charge in [-0.3, -0.25) is 24.7 Å². The van der Waals surface area contributed by atoms with Crippen molar-refractivity contribution in [1.82, 2.24) is 31.1 Å². The molecule has 0 spiro atoms. The molecule has 4 heterocycles. The molecule has 0 unspecified atom stereocenters. The van der Waals surface area contributed by atoms with Crippen LogP contribution in [0.5, 0.6) is 11.5 Å². The summed E-state index contributed by atoms with van der Waals surface area (Å²) in [5.41, 5.74) is -3.04. The second-order valence-corrected chi connectivity index (χ2v) is 16.8. The van der Waals surface area contributed by atoms with Gasteiger partial charge in [-0.05, 0) is 68.2 Å². The number of nitrogens with one attached hydrogen (secondary N) is 4. The number of thiazole rings is 1. The van der Waals surface area contributed by atoms with Gasteiger partial charge in [0.05, 0.1) is 31.1 Å². The van der Waals surface area contributed by atoms with Crippen LogP contribution < -0.4 is 30.7 Å². The largest absolute Gasteiger partial charge is 0.490 e. The van der Waals surface area contributed by atoms with Crippen LogP contribution in [0.25, 0.3) is 11.4 Å². The van der Waals surface area contributed by atoms with Gasteiger partial charge in [0.1, 0.15) is 28.6 Å². The van der Waals surface area contributed by atoms with Crippen molar-refractivity contribution in [2.75, 3.05) is 25.1 Å². The fraction of sp³-hybridized carbons (Fsp3) is 0.564. The molecule has 2 atom stereocenters. The molecule has 322 valence electrons. The summed E-state index contributed by atoms with van der Waals surface area (Å²) in [7, 11) is 0. The number of unbranched alkanes of at least 4 members (excludes halogenated alkanes) is 2. The van der Waals surface area contributed by atoms with Crippen molar-refractivity contribution in [3.63, 3.8) is 0 Å². The number of pyridine rings is 1. The summed E-state index contributed by atoms with van der Waals surface area (Å²) in [5.74, 6) is -1.95. The SMILES string of the molecule is CCCCOc1cnc(-c2cc(C(=O)NC[C@H]3NC(=O)[C@H]3NC(=O)/C(=N\OC(C)(C)C(=O)OC(C)(C)C)c3csc(NC(=O)OC(C)(C)C)n3)on2)cc1OCCCC. The van der Waals surface area contributed by atoms with Crippen LogP contribution in [0, 0.1) is 0 Å². The molecule has 20 heteroatoms. The van der Waals surface area contributed by atoms with Crippen LogP contribution >= 0.6 is 11.3 Å². The highest BCUT2D eigenvalue weighted by Crippen LogP contribution is 2.31. The summed E-state index contributed by atoms with van der Waals surface area (Å²) in [6.07, 6.45) is 4.42. The number of hydrogen-bond donors (Lipinski definition) is 4. The van der Waals surface area contributed by atoms with E-state index < -0.39 is 64.4 Å². The fourth-order valence-electron chi connectivity index (χ4n) is 4.85. The molecule has 0 aliphatic carbocycles. The number of carbonyl (C=O) groups is 5. The van der Waals surface area contributed by atoms with Gasteiger partial charge in [0.15, 0.2) is 22.3 Å². The lowest BCUT2D eigenvalue weighted by molar-refractivity contribution is -0.179. The van der Waals surface area contributed by atoms with E-state index in [1.54, 1.807) is 53.8 Å². The maximum atomic E-state index is 13.8. The van der Waals surface area contributed by atoms with Crippen molar-refractivity contribution in [3.05, 3.63) is 35.2 Å². The highest BCUT2D eigenvalue weighted by atomic mass is 32.1. The number of aromatic nitrogens is 3. The highest BCUT2D eigenvalue weighted by molar-refractivity contribution is 7.14. The second kappa shape index (κ2) is 19.8. The predicted octanol–water partition coefficient (Wildman–Crippen LogP) is 5.15. The van der Waals surface area contributed by atoms with Gasteiger partial charge < -0.3 is 44.3 Å². The van der Waals surface area contributed by atoms with Crippen molar-refractivity contribution in [2.24, 2.45) is 5.16 Å². The lowest BCUT2D eigenvalue weighted by Crippen LogP contribution is -2.72. The molecule has 0 saturated carbocycles. The predicted molar refractivity (Wildman–Crippen MR) is 216 cm³/mol. The lowest BCUT2D eigenvalue weighted by atomic mass is 9.98. The van der Waals surface area contributed by atoms with E-state index in [1.165, 1.54) is 25.3 Å². The molecule has 0 aromatic carbocycles. The van der Waals surface area contributed by atoms with E-state index in [1.807, 2.05) is 0 Å². The van der Waals surface area contributed by atoms with Crippen LogP contribution in [-0.4, -0.2) is 99.3 Å². The van der Waals surface area contributed by atoms with Crippen LogP contribution in [0.4, 0.5) is 9.93 Å². The first kappa shape index (κ1) is 45.9. The maximum Gasteiger partial charge on any atom is 0.413 e. The number of carbonyl (C=O) groups excluding carboxylic acids is 5. The summed E-state index contributed by atoms with van der Waals surface area (Å²) >= 11 is 0.967. The average Bonchev–Trinajstić information content (AvgIpc) is 3.82. The standard InChI is InChI=1S/C39H54N8O11S/c1-11-13-15-53-26-17-22(40-20-28(26)54-16-14-12-2)23-18-27(57-46-23)31(48)41-19-24-29(32(49)42-24)44-33(50)30(47-58-39(9,10)34(51)55-37(3,4)5)25-21-59-35(43-25)45-36(52)56-38(6,7)8/h17-18,20-21,24,29H,11-16,19H2,1-10H3,(H,41,48)(H,42,49)(H,44,50)(H,43,45,52)/b47-30-/t24-,29+/m1/s1. The van der Waals surface area contributed by atoms with Crippen LogP contribution in [0.1, 0.15) is 111 Å². The minimum absolute atomic E-state index is 0.0444. The van der Waals surface area contributed by atoms with Crippen molar-refractivity contribution in [1.29, 1.82) is 0 Å². The first-order valence-electron chi connectivity index (χ1n) is 19.3. The van der Waals surface area contributed by atoms with Crippen molar-refractivity contribution in [2.45, 2.75) is 124 Å². The Balaban J connectivity index is 1.45. The molecule has 1 aliphatic rings. The van der Waals surface area contributed by atoms with Gasteiger partial charge in [0.2, 0.25) is 17.3 Å². The zero-order valence-corrected chi connectivity index (χ0v) is 35.9. The topological polar surface area (TPSA) is 244 Å². The summed E-state index contributed by atoms with van der Waals surface area (Å²) in [6, 6.07) is 1.23. The van der Waals surface area contributed by atoms with Gasteiger partial charge in [0, 0.05) is 24.1 Å². The van der Waals surface area contributed by atoms with Gasteiger partial charge in [-0.15, -0.1) is 11.3 Å². The van der Waals surface area contributed by atoms with Gasteiger partial charge >= 0.3 is 12.1 Å². The van der Waals surface area contributed by atoms with E-state index in [4.69, 9.17) is 28.3 Å². The van der Waals surface area contributed by atoms with Crippen molar-refractivity contribution < 1.29 is 52.3 Å². The van der Waals surface area contributed by atoms with E-state index in [0.717, 1.165) is 37.0 Å². The number of oxime groups is 1. The molecule has 0 radical (unpaired) electrons. The Morgan fingerprint density at radius 2 is 1.58 bits per heavy atom. The Morgan fingerprint density at radius 1 is 0.915 bits per heavy atom. The third-order valence-electron chi connectivity index (χ3n) is 7.95. The zero-order chi connectivity index (χ0) is 43.5. The summed E-state index contributed by atoms with van der Waals surface area (Å²) < 4.78 is 27.8. The van der Waals surface area contributed by atoms with Crippen LogP contribution in [0.2, 0.25) is 0 Å². The number of amides is 4. The third kappa shape index (κ3) is 13.6. The minimum Gasteiger partial charge on any atom is -0.490 e. The minimum atomic E-state index is -1.65. The van der Waals surface area contributed by atoms with Gasteiger partial charge in [-0.25, -0.2) is 14.6 Å². The van der Waals surface area contributed by atoms with Crippen LogP contribution in [-0.2, 0) is 28.7 Å². The monoisotopic (exact) mass is 842 g/mol. The molecule has 1 aliphatic heterocycles. The number of β-lactam (4-membered cyclic amide) rings is 1. The Hall–Kier alpha value is -5.79. The Labute approximate surface area is 346 Å². The molecule has 1 saturated heterocycles. The van der Waals surface area contributed by atoms with E-state index >= 15 is 0 Å². The quantitative estimate of drug-likeness (QED) is 0.0401. The van der Waals surface area contributed by atoms with Gasteiger partial charge in [-0.2, -0.15) is 0 Å². The van der Waals surface area contributed by atoms with Gasteiger partial charge in [-0.1, -0.05) is 37.0 Å². The summed E-state index contributed by atoms with van der Waals surface area (Å²) in [6.45, 7) is 18.0. The number of esters is 1. The molecule has 4 N–H and O–H groups in total. The average molecular weight is 843 g/mol. The number of rotatable bonds is 19. The van der Waals surface area contributed by atoms with Crippen molar-refractivity contribution >= 4 is 52.0 Å². The Kier molecular flexibility index (Phi) is 15.4. The first-order valence-corrected chi connectivity index (χ1v) is 20.1.